The number of piperidine rings is 1. The van der Waals surface area contributed by atoms with E-state index >= 15 is 0 Å². The molecule has 0 bridgehead atoms. The fraction of sp³-hybridized carbons (Fsp3) is 0.517. The number of amides is 2. The molecule has 2 fully saturated rings. The van der Waals surface area contributed by atoms with Crippen LogP contribution in [0.5, 0.6) is 0 Å². The van der Waals surface area contributed by atoms with Crippen molar-refractivity contribution in [3.8, 4) is 0 Å². The van der Waals surface area contributed by atoms with E-state index in [1.54, 1.807) is 4.90 Å². The maximum Gasteiger partial charge on any atom is 0.416 e. The highest BCUT2D eigenvalue weighted by Gasteiger charge is 2.40. The molecule has 1 aliphatic carbocycles. The zero-order valence-corrected chi connectivity index (χ0v) is 22.3. The molecular weight excluding hydrogens is 554 g/mol. The summed E-state index contributed by atoms with van der Waals surface area (Å²) in [6.45, 7) is 2.03. The van der Waals surface area contributed by atoms with Gasteiger partial charge in [-0.25, -0.2) is 4.79 Å². The van der Waals surface area contributed by atoms with Crippen molar-refractivity contribution in [3.63, 3.8) is 0 Å². The first-order valence-electron chi connectivity index (χ1n) is 13.5. The molecule has 0 unspecified atom stereocenters. The first kappa shape index (κ1) is 30.7. The van der Waals surface area contributed by atoms with E-state index in [1.807, 2.05) is 30.3 Å². The lowest BCUT2D eigenvalue weighted by Crippen LogP contribution is -2.49. The van der Waals surface area contributed by atoms with E-state index < -0.39 is 41.8 Å². The van der Waals surface area contributed by atoms with Gasteiger partial charge in [0.2, 0.25) is 5.91 Å². The van der Waals surface area contributed by atoms with Crippen LogP contribution in [0.4, 0.5) is 31.1 Å². The van der Waals surface area contributed by atoms with Crippen LogP contribution in [-0.4, -0.2) is 47.2 Å². The summed E-state index contributed by atoms with van der Waals surface area (Å²) >= 11 is 0. The third kappa shape index (κ3) is 7.72. The number of carboxylic acid groups (broad SMARTS) is 1. The molecule has 0 radical (unpaired) electrons. The molecule has 41 heavy (non-hydrogen) atoms. The number of rotatable bonds is 6. The van der Waals surface area contributed by atoms with Crippen molar-refractivity contribution in [3.05, 3.63) is 70.8 Å². The third-order valence-electron chi connectivity index (χ3n) is 7.95. The molecule has 2 aromatic rings. The number of likely N-dealkylation sites (tertiary alicyclic amines) is 1. The van der Waals surface area contributed by atoms with Gasteiger partial charge in [0.05, 0.1) is 23.3 Å². The summed E-state index contributed by atoms with van der Waals surface area (Å²) in [5.74, 6) is -0.645. The molecule has 6 nitrogen and oxygen atoms in total. The smallest absolute Gasteiger partial charge is 0.416 e. The van der Waals surface area contributed by atoms with Crippen molar-refractivity contribution in [2.75, 3.05) is 13.1 Å². The summed E-state index contributed by atoms with van der Waals surface area (Å²) in [5, 5.41) is 11.4. The quantitative estimate of drug-likeness (QED) is 0.357. The second-order valence-corrected chi connectivity index (χ2v) is 10.7. The lowest BCUT2D eigenvalue weighted by atomic mass is 9.83. The Labute approximate surface area is 233 Å². The first-order chi connectivity index (χ1) is 19.2. The summed E-state index contributed by atoms with van der Waals surface area (Å²) in [6, 6.07) is 10.4. The monoisotopic (exact) mass is 586 g/mol. The Morgan fingerprint density at radius 1 is 0.927 bits per heavy atom. The Morgan fingerprint density at radius 3 is 2.05 bits per heavy atom. The Balaban J connectivity index is 1.51. The number of alkyl halides is 6. The highest BCUT2D eigenvalue weighted by Crippen LogP contribution is 2.40. The van der Waals surface area contributed by atoms with E-state index in [9.17, 15) is 35.9 Å². The van der Waals surface area contributed by atoms with Crippen LogP contribution in [0.3, 0.4) is 0 Å². The van der Waals surface area contributed by atoms with Crippen molar-refractivity contribution in [2.24, 2.45) is 5.92 Å². The molecule has 2 N–H and O–H groups in total. The van der Waals surface area contributed by atoms with Crippen LogP contribution in [0.1, 0.15) is 73.3 Å². The number of carbonyl (C=O) groups is 2. The molecule has 2 amide bonds. The lowest BCUT2D eigenvalue weighted by Gasteiger charge is -2.41. The molecular formula is C29H32F6N2O4. The SMILES string of the molecule is C[C@@H](O[C@@H]1CCN(C(=O)[C@H]2CC[C@H](NC(=O)O)CC2)C[C@@H]1c1ccccc1)c1cc(C(F)(F)F)cc(C(F)(F)F)c1. The number of hydrogen-bond donors (Lipinski definition) is 2. The van der Waals surface area contributed by atoms with Gasteiger partial charge in [0.1, 0.15) is 0 Å². The summed E-state index contributed by atoms with van der Waals surface area (Å²) in [7, 11) is 0. The number of nitrogens with one attached hydrogen (secondary N) is 1. The molecule has 0 spiro atoms. The molecule has 2 aliphatic rings. The minimum atomic E-state index is -4.96. The van der Waals surface area contributed by atoms with E-state index in [0.29, 0.717) is 50.8 Å². The van der Waals surface area contributed by atoms with Crippen LogP contribution >= 0.6 is 0 Å². The second-order valence-electron chi connectivity index (χ2n) is 10.7. The maximum atomic E-state index is 13.4. The van der Waals surface area contributed by atoms with E-state index in [4.69, 9.17) is 9.84 Å². The molecule has 12 heteroatoms. The molecule has 1 saturated carbocycles. The molecule has 2 aromatic carbocycles. The van der Waals surface area contributed by atoms with Crippen molar-refractivity contribution < 1.29 is 45.8 Å². The van der Waals surface area contributed by atoms with Gasteiger partial charge < -0.3 is 20.1 Å². The average Bonchev–Trinajstić information content (AvgIpc) is 2.92. The van der Waals surface area contributed by atoms with Crippen LogP contribution < -0.4 is 5.32 Å². The van der Waals surface area contributed by atoms with Crippen LogP contribution in [0.2, 0.25) is 0 Å². The molecule has 1 aliphatic heterocycles. The van der Waals surface area contributed by atoms with Gasteiger partial charge in [-0.3, -0.25) is 4.79 Å². The maximum absolute atomic E-state index is 13.4. The van der Waals surface area contributed by atoms with Gasteiger partial charge in [-0.15, -0.1) is 0 Å². The fourth-order valence-corrected chi connectivity index (χ4v) is 5.79. The summed E-state index contributed by atoms with van der Waals surface area (Å²) in [5.41, 5.74) is -2.18. The average molecular weight is 587 g/mol. The van der Waals surface area contributed by atoms with Gasteiger partial charge in [-0.05, 0) is 68.4 Å². The van der Waals surface area contributed by atoms with Crippen molar-refractivity contribution >= 4 is 12.0 Å². The number of nitrogens with zero attached hydrogens (tertiary/aromatic N) is 1. The van der Waals surface area contributed by atoms with Gasteiger partial charge in [0, 0.05) is 31.0 Å². The zero-order valence-electron chi connectivity index (χ0n) is 22.3. The number of carbonyl (C=O) groups excluding carboxylic acids is 1. The van der Waals surface area contributed by atoms with Crippen molar-refractivity contribution in [1.29, 1.82) is 0 Å². The Kier molecular flexibility index (Phi) is 9.20. The summed E-state index contributed by atoms with van der Waals surface area (Å²) in [6.07, 6.45) is -10.1. The van der Waals surface area contributed by atoms with Crippen LogP contribution in [0.25, 0.3) is 0 Å². The Bertz CT molecular complexity index is 1180. The second kappa shape index (κ2) is 12.3. The molecule has 1 heterocycles. The fourth-order valence-electron chi connectivity index (χ4n) is 5.79. The first-order valence-corrected chi connectivity index (χ1v) is 13.5. The Hall–Kier alpha value is -3.28. The minimum absolute atomic E-state index is 0.0427. The van der Waals surface area contributed by atoms with Gasteiger partial charge in [0.15, 0.2) is 0 Å². The van der Waals surface area contributed by atoms with E-state index in [0.717, 1.165) is 5.56 Å². The van der Waals surface area contributed by atoms with Crippen LogP contribution in [0.15, 0.2) is 48.5 Å². The van der Waals surface area contributed by atoms with Gasteiger partial charge in [0.25, 0.3) is 0 Å². The molecule has 0 aromatic heterocycles. The lowest BCUT2D eigenvalue weighted by molar-refractivity contribution is -0.143. The van der Waals surface area contributed by atoms with E-state index in [2.05, 4.69) is 5.32 Å². The van der Waals surface area contributed by atoms with Crippen molar-refractivity contribution in [2.45, 2.75) is 75.5 Å². The predicted molar refractivity (Wildman–Crippen MR) is 137 cm³/mol. The normalized spacial score (nSPS) is 24.5. The topological polar surface area (TPSA) is 78.9 Å². The van der Waals surface area contributed by atoms with E-state index in [1.165, 1.54) is 6.92 Å². The largest absolute Gasteiger partial charge is 0.465 e. The summed E-state index contributed by atoms with van der Waals surface area (Å²) in [4.78, 5) is 26.1. The van der Waals surface area contributed by atoms with Crippen LogP contribution in [0, 0.1) is 5.92 Å². The standard InChI is InChI=1S/C29H32F6N2O4/c1-17(20-13-21(28(30,31)32)15-22(14-20)29(33,34)35)41-25-11-12-37(16-24(25)18-5-3-2-4-6-18)26(38)19-7-9-23(10-8-19)36-27(39)40/h2-6,13-15,17,19,23-25,36H,7-12,16H2,1H3,(H,39,40)/t17-,19-,23-,24-,25-/m1/s1. The number of hydrogen-bond acceptors (Lipinski definition) is 3. The highest BCUT2D eigenvalue weighted by molar-refractivity contribution is 5.79. The van der Waals surface area contributed by atoms with Crippen LogP contribution in [-0.2, 0) is 21.9 Å². The molecule has 4 rings (SSSR count). The number of benzene rings is 2. The molecule has 224 valence electrons. The third-order valence-corrected chi connectivity index (χ3v) is 7.95. The minimum Gasteiger partial charge on any atom is -0.465 e. The predicted octanol–water partition coefficient (Wildman–Crippen LogP) is 7.01. The van der Waals surface area contributed by atoms with E-state index in [-0.39, 0.29) is 42.0 Å². The van der Waals surface area contributed by atoms with Gasteiger partial charge >= 0.3 is 18.4 Å². The van der Waals surface area contributed by atoms with Crippen molar-refractivity contribution in [1.82, 2.24) is 10.2 Å². The molecule has 3 atom stereocenters. The number of ether oxygens (including phenoxy) is 1. The highest BCUT2D eigenvalue weighted by atomic mass is 19.4. The summed E-state index contributed by atoms with van der Waals surface area (Å²) < 4.78 is 86.7. The Morgan fingerprint density at radius 2 is 1.51 bits per heavy atom. The van der Waals surface area contributed by atoms with Gasteiger partial charge in [-0.2, -0.15) is 26.3 Å². The number of halogens is 6. The molecule has 1 saturated heterocycles. The van der Waals surface area contributed by atoms with Gasteiger partial charge in [-0.1, -0.05) is 30.3 Å². The zero-order chi connectivity index (χ0) is 29.9.